The van der Waals surface area contributed by atoms with E-state index in [1.807, 2.05) is 49.4 Å². The highest BCUT2D eigenvalue weighted by Crippen LogP contribution is 2.44. The summed E-state index contributed by atoms with van der Waals surface area (Å²) in [5.74, 6) is -0.364. The number of hydrogen-bond donors (Lipinski definition) is 1. The van der Waals surface area contributed by atoms with Crippen LogP contribution in [0.15, 0.2) is 72.8 Å². The monoisotopic (exact) mass is 354 g/mol. The molecule has 0 radical (unpaired) electrons. The standard InChI is InChI=1S/C23H18N2O2/c1-16-6-12-19(13-7-16)23(27)20-4-2-3-5-21(20)25(22(23)26)15-18-10-8-17(14-24)9-11-18/h2-13,27H,15H2,1H3. The molecule has 0 bridgehead atoms. The zero-order chi connectivity index (χ0) is 19.0. The zero-order valence-corrected chi connectivity index (χ0v) is 14.9. The molecule has 4 nitrogen and oxygen atoms in total. The third-order valence-corrected chi connectivity index (χ3v) is 5.03. The minimum absolute atomic E-state index is 0.329. The summed E-state index contributed by atoms with van der Waals surface area (Å²) in [6, 6.07) is 23.9. The van der Waals surface area contributed by atoms with Crippen LogP contribution >= 0.6 is 0 Å². The number of aliphatic hydroxyl groups is 1. The van der Waals surface area contributed by atoms with Gasteiger partial charge in [-0.05, 0) is 36.2 Å². The molecule has 1 aliphatic rings. The molecule has 1 heterocycles. The summed E-state index contributed by atoms with van der Waals surface area (Å²) in [4.78, 5) is 14.9. The molecule has 0 spiro atoms. The van der Waals surface area contributed by atoms with E-state index in [9.17, 15) is 9.90 Å². The summed E-state index contributed by atoms with van der Waals surface area (Å²) in [7, 11) is 0. The van der Waals surface area contributed by atoms with Gasteiger partial charge in [-0.1, -0.05) is 60.2 Å². The van der Waals surface area contributed by atoms with E-state index in [1.54, 1.807) is 35.2 Å². The number of amides is 1. The number of para-hydroxylation sites is 1. The Hall–Kier alpha value is -3.42. The molecular formula is C23H18N2O2. The molecule has 0 saturated carbocycles. The Morgan fingerprint density at radius 3 is 2.33 bits per heavy atom. The molecule has 1 amide bonds. The molecule has 1 atom stereocenters. The third kappa shape index (κ3) is 2.69. The Bertz CT molecular complexity index is 1050. The SMILES string of the molecule is Cc1ccc(C2(O)C(=O)N(Cc3ccc(C#N)cc3)c3ccccc32)cc1. The molecule has 4 heteroatoms. The quantitative estimate of drug-likeness (QED) is 0.781. The highest BCUT2D eigenvalue weighted by molar-refractivity contribution is 6.09. The first-order chi connectivity index (χ1) is 13.0. The largest absolute Gasteiger partial charge is 0.372 e. The van der Waals surface area contributed by atoms with Crippen molar-refractivity contribution in [2.75, 3.05) is 4.90 Å². The number of hydrogen-bond acceptors (Lipinski definition) is 3. The van der Waals surface area contributed by atoms with Crippen LogP contribution in [0.5, 0.6) is 0 Å². The van der Waals surface area contributed by atoms with Crippen molar-refractivity contribution in [2.45, 2.75) is 19.1 Å². The first kappa shape index (κ1) is 17.0. The van der Waals surface area contributed by atoms with Crippen molar-refractivity contribution in [1.82, 2.24) is 0 Å². The molecule has 1 unspecified atom stereocenters. The fourth-order valence-electron chi connectivity index (χ4n) is 3.53. The molecule has 132 valence electrons. The maximum Gasteiger partial charge on any atom is 0.268 e. The molecule has 0 fully saturated rings. The molecule has 1 aliphatic heterocycles. The fourth-order valence-corrected chi connectivity index (χ4v) is 3.53. The van der Waals surface area contributed by atoms with Crippen molar-refractivity contribution in [2.24, 2.45) is 0 Å². The average Bonchev–Trinajstić information content (AvgIpc) is 2.92. The van der Waals surface area contributed by atoms with Gasteiger partial charge in [0.15, 0.2) is 5.60 Å². The second kappa shape index (κ2) is 6.39. The number of carbonyl (C=O) groups is 1. The molecular weight excluding hydrogens is 336 g/mol. The molecule has 0 saturated heterocycles. The molecule has 0 aromatic heterocycles. The molecule has 27 heavy (non-hydrogen) atoms. The van der Waals surface area contributed by atoms with Crippen molar-refractivity contribution >= 4 is 11.6 Å². The van der Waals surface area contributed by atoms with Crippen LogP contribution < -0.4 is 4.90 Å². The number of rotatable bonds is 3. The van der Waals surface area contributed by atoms with Crippen molar-refractivity contribution < 1.29 is 9.90 Å². The Morgan fingerprint density at radius 2 is 1.67 bits per heavy atom. The first-order valence-electron chi connectivity index (χ1n) is 8.74. The Kier molecular flexibility index (Phi) is 4.02. The molecule has 1 N–H and O–H groups in total. The number of carbonyl (C=O) groups excluding carboxylic acids is 1. The summed E-state index contributed by atoms with van der Waals surface area (Å²) in [6.07, 6.45) is 0. The topological polar surface area (TPSA) is 64.3 Å². The molecule has 4 rings (SSSR count). The second-order valence-electron chi connectivity index (χ2n) is 6.79. The van der Waals surface area contributed by atoms with E-state index in [2.05, 4.69) is 6.07 Å². The van der Waals surface area contributed by atoms with E-state index >= 15 is 0 Å². The summed E-state index contributed by atoms with van der Waals surface area (Å²) < 4.78 is 0. The lowest BCUT2D eigenvalue weighted by molar-refractivity contribution is -0.132. The van der Waals surface area contributed by atoms with Crippen LogP contribution in [0.1, 0.15) is 27.8 Å². The van der Waals surface area contributed by atoms with Crippen LogP contribution in [-0.4, -0.2) is 11.0 Å². The predicted octanol–water partition coefficient (Wildman–Crippen LogP) is 3.65. The van der Waals surface area contributed by atoms with Crippen LogP contribution in [0.25, 0.3) is 0 Å². The van der Waals surface area contributed by atoms with Gasteiger partial charge >= 0.3 is 0 Å². The lowest BCUT2D eigenvalue weighted by Crippen LogP contribution is -2.40. The van der Waals surface area contributed by atoms with Gasteiger partial charge in [0, 0.05) is 5.56 Å². The van der Waals surface area contributed by atoms with Gasteiger partial charge in [0.05, 0.1) is 23.9 Å². The normalized spacial score (nSPS) is 18.3. The number of fused-ring (bicyclic) bond motifs is 1. The van der Waals surface area contributed by atoms with Crippen molar-refractivity contribution in [3.8, 4) is 6.07 Å². The van der Waals surface area contributed by atoms with E-state index in [0.717, 1.165) is 11.1 Å². The molecule has 0 aliphatic carbocycles. The maximum atomic E-state index is 13.3. The van der Waals surface area contributed by atoms with Gasteiger partial charge in [0.1, 0.15) is 0 Å². The van der Waals surface area contributed by atoms with Gasteiger partial charge in [-0.25, -0.2) is 0 Å². The van der Waals surface area contributed by atoms with Crippen molar-refractivity contribution in [3.05, 3.63) is 101 Å². The Morgan fingerprint density at radius 1 is 1.00 bits per heavy atom. The minimum atomic E-state index is -1.70. The number of benzene rings is 3. The number of aryl methyl sites for hydroxylation is 1. The lowest BCUT2D eigenvalue weighted by atomic mass is 9.87. The van der Waals surface area contributed by atoms with Crippen molar-refractivity contribution in [1.29, 1.82) is 5.26 Å². The number of anilines is 1. The van der Waals surface area contributed by atoms with E-state index in [4.69, 9.17) is 5.26 Å². The van der Waals surface area contributed by atoms with Gasteiger partial charge in [-0.2, -0.15) is 5.26 Å². The van der Waals surface area contributed by atoms with Gasteiger partial charge in [-0.3, -0.25) is 4.79 Å². The first-order valence-corrected chi connectivity index (χ1v) is 8.74. The predicted molar refractivity (Wildman–Crippen MR) is 103 cm³/mol. The van der Waals surface area contributed by atoms with Crippen LogP contribution in [0.4, 0.5) is 5.69 Å². The minimum Gasteiger partial charge on any atom is -0.372 e. The fraction of sp³-hybridized carbons (Fsp3) is 0.130. The van der Waals surface area contributed by atoms with E-state index in [-0.39, 0.29) is 5.91 Å². The van der Waals surface area contributed by atoms with Crippen LogP contribution in [0.3, 0.4) is 0 Å². The summed E-state index contributed by atoms with van der Waals surface area (Å²) >= 11 is 0. The van der Waals surface area contributed by atoms with E-state index < -0.39 is 5.60 Å². The van der Waals surface area contributed by atoms with Crippen LogP contribution in [-0.2, 0) is 16.9 Å². The average molecular weight is 354 g/mol. The van der Waals surface area contributed by atoms with Gasteiger partial charge < -0.3 is 10.0 Å². The van der Waals surface area contributed by atoms with E-state index in [0.29, 0.717) is 28.9 Å². The molecule has 3 aromatic rings. The van der Waals surface area contributed by atoms with Gasteiger partial charge in [0.25, 0.3) is 5.91 Å². The van der Waals surface area contributed by atoms with Crippen molar-refractivity contribution in [3.63, 3.8) is 0 Å². The summed E-state index contributed by atoms with van der Waals surface area (Å²) in [5, 5.41) is 20.4. The van der Waals surface area contributed by atoms with Gasteiger partial charge in [-0.15, -0.1) is 0 Å². The smallest absolute Gasteiger partial charge is 0.268 e. The number of nitriles is 1. The maximum absolute atomic E-state index is 13.3. The summed E-state index contributed by atoms with van der Waals surface area (Å²) in [6.45, 7) is 2.30. The Labute approximate surface area is 157 Å². The van der Waals surface area contributed by atoms with Crippen LogP contribution in [0, 0.1) is 18.3 Å². The third-order valence-electron chi connectivity index (χ3n) is 5.03. The second-order valence-corrected chi connectivity index (χ2v) is 6.79. The van der Waals surface area contributed by atoms with Crippen LogP contribution in [0.2, 0.25) is 0 Å². The Balaban J connectivity index is 1.77. The molecule has 3 aromatic carbocycles. The lowest BCUT2D eigenvalue weighted by Gasteiger charge is -2.24. The highest BCUT2D eigenvalue weighted by atomic mass is 16.3. The van der Waals surface area contributed by atoms with Gasteiger partial charge in [0.2, 0.25) is 0 Å². The number of nitrogens with zero attached hydrogens (tertiary/aromatic N) is 2. The van der Waals surface area contributed by atoms with E-state index in [1.165, 1.54) is 0 Å². The zero-order valence-electron chi connectivity index (χ0n) is 14.9. The summed E-state index contributed by atoms with van der Waals surface area (Å²) in [5.41, 5.74) is 2.69. The highest BCUT2D eigenvalue weighted by Gasteiger charge is 2.50.